The third-order valence-electron chi connectivity index (χ3n) is 1.94. The number of aromatic nitrogens is 3. The molecule has 1 aromatic rings. The van der Waals surface area contributed by atoms with Crippen LogP contribution in [0.1, 0.15) is 24.3 Å². The van der Waals surface area contributed by atoms with Gasteiger partial charge in [-0.15, -0.1) is 5.10 Å². The average molecular weight is 265 g/mol. The minimum atomic E-state index is -4.92. The first-order valence-electron chi connectivity index (χ1n) is 5.40. The molecule has 1 rings (SSSR count). The summed E-state index contributed by atoms with van der Waals surface area (Å²) in [5, 5.41) is 6.62. The number of nitrogens with zero attached hydrogens (tertiary/aromatic N) is 3. The van der Waals surface area contributed by atoms with Gasteiger partial charge in [0.15, 0.2) is 5.69 Å². The zero-order valence-electron chi connectivity index (χ0n) is 10.1. The summed E-state index contributed by atoms with van der Waals surface area (Å²) in [7, 11) is 0. The van der Waals surface area contributed by atoms with Gasteiger partial charge < -0.3 is 4.74 Å². The zero-order chi connectivity index (χ0) is 13.8. The van der Waals surface area contributed by atoms with Crippen LogP contribution < -0.4 is 0 Å². The van der Waals surface area contributed by atoms with E-state index in [1.54, 1.807) is 0 Å². The molecule has 0 unspecified atom stereocenters. The molecular weight excluding hydrogens is 251 g/mol. The predicted molar refractivity (Wildman–Crippen MR) is 56.1 cm³/mol. The van der Waals surface area contributed by atoms with Crippen LogP contribution in [0.3, 0.4) is 0 Å². The second kappa shape index (κ2) is 5.94. The lowest BCUT2D eigenvalue weighted by molar-refractivity contribution is -0.0888. The molecule has 0 bridgehead atoms. The maximum atomic E-state index is 12.1. The lowest BCUT2D eigenvalue weighted by Gasteiger charge is -2.05. The van der Waals surface area contributed by atoms with Crippen molar-refractivity contribution in [1.29, 1.82) is 0 Å². The van der Waals surface area contributed by atoms with Gasteiger partial charge in [0.2, 0.25) is 0 Å². The van der Waals surface area contributed by atoms with Gasteiger partial charge in [-0.1, -0.05) is 19.1 Å². The monoisotopic (exact) mass is 265 g/mol. The molecule has 0 aromatic carbocycles. The smallest absolute Gasteiger partial charge is 0.379 e. The number of hydrogen-bond acceptors (Lipinski definition) is 4. The number of carbonyl (C=O) groups is 1. The van der Waals surface area contributed by atoms with Gasteiger partial charge in [0, 0.05) is 6.61 Å². The van der Waals surface area contributed by atoms with Gasteiger partial charge >= 0.3 is 6.18 Å². The maximum absolute atomic E-state index is 12.1. The highest BCUT2D eigenvalue weighted by Crippen LogP contribution is 2.19. The number of halogens is 3. The Bertz CT molecular complexity index is 401. The van der Waals surface area contributed by atoms with Crippen LogP contribution in [-0.2, 0) is 11.3 Å². The van der Waals surface area contributed by atoms with Crippen molar-refractivity contribution in [1.82, 2.24) is 15.0 Å². The quantitative estimate of drug-likeness (QED) is 0.580. The van der Waals surface area contributed by atoms with E-state index in [1.165, 1.54) is 0 Å². The molecule has 0 fully saturated rings. The maximum Gasteiger partial charge on any atom is 0.456 e. The van der Waals surface area contributed by atoms with E-state index >= 15 is 0 Å². The molecule has 0 aliphatic heterocycles. The van der Waals surface area contributed by atoms with Crippen LogP contribution >= 0.6 is 0 Å². The van der Waals surface area contributed by atoms with Crippen LogP contribution in [0.2, 0.25) is 0 Å². The number of carbonyl (C=O) groups excluding carboxylic acids is 1. The second-order valence-electron chi connectivity index (χ2n) is 4.16. The number of ketones is 1. The minimum Gasteiger partial charge on any atom is -0.379 e. The standard InChI is InChI=1S/C10H14F3N3O2/c1-7(2)6-18-4-3-16-5-8(14-15-16)9(17)10(11,12)13/h5,7H,3-4,6H2,1-2H3. The van der Waals surface area contributed by atoms with Crippen LogP contribution in [0.5, 0.6) is 0 Å². The number of alkyl halides is 3. The summed E-state index contributed by atoms with van der Waals surface area (Å²) in [6, 6.07) is 0. The molecule has 0 amide bonds. The topological polar surface area (TPSA) is 57.0 Å². The number of rotatable bonds is 6. The summed E-state index contributed by atoms with van der Waals surface area (Å²) in [5.74, 6) is -1.61. The van der Waals surface area contributed by atoms with Gasteiger partial charge in [-0.05, 0) is 5.92 Å². The van der Waals surface area contributed by atoms with Gasteiger partial charge in [-0.3, -0.25) is 4.79 Å². The van der Waals surface area contributed by atoms with Gasteiger partial charge in [0.25, 0.3) is 5.78 Å². The first-order valence-corrected chi connectivity index (χ1v) is 5.40. The van der Waals surface area contributed by atoms with E-state index in [-0.39, 0.29) is 6.54 Å². The van der Waals surface area contributed by atoms with Crippen LogP contribution in [0.4, 0.5) is 13.2 Å². The third kappa shape index (κ3) is 4.44. The summed E-state index contributed by atoms with van der Waals surface area (Å²) in [5.41, 5.74) is -0.702. The fourth-order valence-corrected chi connectivity index (χ4v) is 1.13. The Morgan fingerprint density at radius 3 is 2.72 bits per heavy atom. The summed E-state index contributed by atoms with van der Waals surface area (Å²) in [6.45, 7) is 5.08. The molecule has 0 atom stereocenters. The second-order valence-corrected chi connectivity index (χ2v) is 4.16. The Labute approximate surface area is 102 Å². The first kappa shape index (κ1) is 14.6. The van der Waals surface area contributed by atoms with E-state index in [1.807, 2.05) is 13.8 Å². The molecule has 1 aromatic heterocycles. The third-order valence-corrected chi connectivity index (χ3v) is 1.94. The Balaban J connectivity index is 2.46. The predicted octanol–water partition coefficient (Wildman–Crippen LogP) is 1.70. The van der Waals surface area contributed by atoms with Gasteiger partial charge in [0.1, 0.15) is 0 Å². The van der Waals surface area contributed by atoms with Crippen molar-refractivity contribution in [3.05, 3.63) is 11.9 Å². The highest BCUT2D eigenvalue weighted by Gasteiger charge is 2.41. The summed E-state index contributed by atoms with van der Waals surface area (Å²) >= 11 is 0. The zero-order valence-corrected chi connectivity index (χ0v) is 10.1. The molecule has 0 aliphatic carbocycles. The van der Waals surface area contributed by atoms with Gasteiger partial charge in [0.05, 0.1) is 19.3 Å². The van der Waals surface area contributed by atoms with Crippen molar-refractivity contribution >= 4 is 5.78 Å². The van der Waals surface area contributed by atoms with Crippen molar-refractivity contribution in [2.45, 2.75) is 26.6 Å². The number of Topliss-reactive ketones (excluding diaryl/α,β-unsaturated/α-hetero) is 1. The molecular formula is C10H14F3N3O2. The molecule has 0 saturated heterocycles. The van der Waals surface area contributed by atoms with E-state index < -0.39 is 17.7 Å². The van der Waals surface area contributed by atoms with E-state index in [2.05, 4.69) is 10.3 Å². The number of ether oxygens (including phenoxy) is 1. The first-order chi connectivity index (χ1) is 8.30. The van der Waals surface area contributed by atoms with Crippen molar-refractivity contribution in [2.75, 3.05) is 13.2 Å². The van der Waals surface area contributed by atoms with Crippen LogP contribution in [0.25, 0.3) is 0 Å². The molecule has 18 heavy (non-hydrogen) atoms. The molecule has 0 spiro atoms. The minimum absolute atomic E-state index is 0.255. The molecule has 0 aliphatic rings. The van der Waals surface area contributed by atoms with Crippen molar-refractivity contribution in [2.24, 2.45) is 5.92 Å². The summed E-state index contributed by atoms with van der Waals surface area (Å²) in [6.07, 6.45) is -3.95. The molecule has 102 valence electrons. The largest absolute Gasteiger partial charge is 0.456 e. The van der Waals surface area contributed by atoms with Crippen molar-refractivity contribution in [3.63, 3.8) is 0 Å². The summed E-state index contributed by atoms with van der Waals surface area (Å²) in [4.78, 5) is 10.8. The molecule has 0 radical (unpaired) electrons. The summed E-state index contributed by atoms with van der Waals surface area (Å²) < 4.78 is 42.7. The van der Waals surface area contributed by atoms with Crippen LogP contribution in [0.15, 0.2) is 6.20 Å². The van der Waals surface area contributed by atoms with E-state index in [0.717, 1.165) is 10.9 Å². The Kier molecular flexibility index (Phi) is 4.83. The lowest BCUT2D eigenvalue weighted by Crippen LogP contribution is -2.23. The molecule has 0 N–H and O–H groups in total. The van der Waals surface area contributed by atoms with Gasteiger partial charge in [-0.25, -0.2) is 4.68 Å². The van der Waals surface area contributed by atoms with E-state index in [4.69, 9.17) is 4.74 Å². The van der Waals surface area contributed by atoms with E-state index in [0.29, 0.717) is 19.1 Å². The van der Waals surface area contributed by atoms with Crippen molar-refractivity contribution in [3.8, 4) is 0 Å². The average Bonchev–Trinajstić information content (AvgIpc) is 2.70. The Morgan fingerprint density at radius 2 is 2.17 bits per heavy atom. The lowest BCUT2D eigenvalue weighted by atomic mass is 10.2. The highest BCUT2D eigenvalue weighted by molar-refractivity contribution is 5.98. The Morgan fingerprint density at radius 1 is 1.50 bits per heavy atom. The normalized spacial score (nSPS) is 12.1. The molecule has 5 nitrogen and oxygen atoms in total. The SMILES string of the molecule is CC(C)COCCn1cc(C(=O)C(F)(F)F)nn1. The Hall–Kier alpha value is -1.44. The molecule has 1 heterocycles. The van der Waals surface area contributed by atoms with Gasteiger partial charge in [-0.2, -0.15) is 13.2 Å². The van der Waals surface area contributed by atoms with Crippen molar-refractivity contribution < 1.29 is 22.7 Å². The van der Waals surface area contributed by atoms with Crippen LogP contribution in [0, 0.1) is 5.92 Å². The highest BCUT2D eigenvalue weighted by atomic mass is 19.4. The molecule has 0 saturated carbocycles. The van der Waals surface area contributed by atoms with E-state index in [9.17, 15) is 18.0 Å². The fourth-order valence-electron chi connectivity index (χ4n) is 1.13. The van der Waals surface area contributed by atoms with Crippen LogP contribution in [-0.4, -0.2) is 40.2 Å². The fraction of sp³-hybridized carbons (Fsp3) is 0.700. The molecule has 8 heteroatoms. The number of hydrogen-bond donors (Lipinski definition) is 0.